The highest BCUT2D eigenvalue weighted by atomic mass is 35.5. The van der Waals surface area contributed by atoms with E-state index < -0.39 is 15.9 Å². The number of morpholine rings is 1. The molecule has 4 rings (SSSR count). The Morgan fingerprint density at radius 2 is 1.87 bits per heavy atom. The smallest absolute Gasteiger partial charge is 0.257 e. The van der Waals surface area contributed by atoms with Gasteiger partial charge in [-0.3, -0.25) is 10.1 Å². The second-order valence-electron chi connectivity index (χ2n) is 7.31. The number of amides is 1. The van der Waals surface area contributed by atoms with Crippen LogP contribution in [0.25, 0.3) is 10.2 Å². The second-order valence-corrected chi connectivity index (χ2v) is 11.1. The number of hydrogen-bond acceptors (Lipinski definition) is 6. The molecule has 0 radical (unpaired) electrons. The van der Waals surface area contributed by atoms with E-state index in [2.05, 4.69) is 10.3 Å². The van der Waals surface area contributed by atoms with Crippen molar-refractivity contribution in [1.29, 1.82) is 0 Å². The van der Waals surface area contributed by atoms with Gasteiger partial charge in [-0.25, -0.2) is 13.4 Å². The highest BCUT2D eigenvalue weighted by molar-refractivity contribution is 7.89. The van der Waals surface area contributed by atoms with E-state index in [-0.39, 0.29) is 40.8 Å². The molecule has 3 aromatic rings. The van der Waals surface area contributed by atoms with Crippen LogP contribution in [0.3, 0.4) is 0 Å². The maximum Gasteiger partial charge on any atom is 0.257 e. The fraction of sp³-hybridized carbons (Fsp3) is 0.300. The molecule has 2 aromatic carbocycles. The Kier molecular flexibility index (Phi) is 6.26. The number of carbonyl (C=O) groups excluding carboxylic acids is 1. The number of ether oxygens (including phenoxy) is 1. The normalized spacial score (nSPS) is 20.1. The molecule has 7 nitrogen and oxygen atoms in total. The van der Waals surface area contributed by atoms with Crippen molar-refractivity contribution in [2.24, 2.45) is 0 Å². The Morgan fingerprint density at radius 1 is 1.16 bits per heavy atom. The van der Waals surface area contributed by atoms with Gasteiger partial charge in [0.15, 0.2) is 5.13 Å². The molecule has 1 fully saturated rings. The fourth-order valence-electron chi connectivity index (χ4n) is 3.43. The van der Waals surface area contributed by atoms with Crippen LogP contribution in [0.1, 0.15) is 24.2 Å². The number of fused-ring (bicyclic) bond motifs is 1. The van der Waals surface area contributed by atoms with Crippen LogP contribution < -0.4 is 5.32 Å². The summed E-state index contributed by atoms with van der Waals surface area (Å²) in [5.74, 6) is -0.484. The summed E-state index contributed by atoms with van der Waals surface area (Å²) in [5, 5.41) is 3.73. The summed E-state index contributed by atoms with van der Waals surface area (Å²) in [6.07, 6.45) is -0.479. The zero-order valence-electron chi connectivity index (χ0n) is 16.6. The third-order valence-corrected chi connectivity index (χ3v) is 8.25. The minimum Gasteiger partial charge on any atom is -0.373 e. The molecule has 1 aromatic heterocycles. The number of rotatable bonds is 4. The van der Waals surface area contributed by atoms with E-state index in [4.69, 9.17) is 27.9 Å². The third-order valence-electron chi connectivity index (χ3n) is 4.77. The highest BCUT2D eigenvalue weighted by Crippen LogP contribution is 2.30. The molecule has 0 bridgehead atoms. The number of halogens is 2. The van der Waals surface area contributed by atoms with Crippen molar-refractivity contribution in [2.75, 3.05) is 18.4 Å². The number of thiazole rings is 1. The van der Waals surface area contributed by atoms with Gasteiger partial charge in [0.2, 0.25) is 10.0 Å². The number of carbonyl (C=O) groups is 1. The third kappa shape index (κ3) is 4.72. The summed E-state index contributed by atoms with van der Waals surface area (Å²) in [7, 11) is -3.90. The molecule has 0 saturated carbocycles. The largest absolute Gasteiger partial charge is 0.373 e. The Labute approximate surface area is 194 Å². The van der Waals surface area contributed by atoms with Gasteiger partial charge in [-0.1, -0.05) is 34.5 Å². The number of nitrogens with zero attached hydrogens (tertiary/aromatic N) is 2. The van der Waals surface area contributed by atoms with Crippen molar-refractivity contribution in [1.82, 2.24) is 9.29 Å². The number of benzene rings is 2. The quantitative estimate of drug-likeness (QED) is 0.563. The first-order valence-corrected chi connectivity index (χ1v) is 12.5. The Hall–Kier alpha value is -1.75. The van der Waals surface area contributed by atoms with Gasteiger partial charge in [-0.2, -0.15) is 4.31 Å². The molecule has 164 valence electrons. The molecule has 1 N–H and O–H groups in total. The van der Waals surface area contributed by atoms with Gasteiger partial charge in [0.25, 0.3) is 5.91 Å². The summed E-state index contributed by atoms with van der Waals surface area (Å²) < 4.78 is 34.2. The van der Waals surface area contributed by atoms with Crippen LogP contribution in [-0.2, 0) is 14.8 Å². The van der Waals surface area contributed by atoms with Gasteiger partial charge in [-0.05, 0) is 50.2 Å². The predicted octanol–water partition coefficient (Wildman–Crippen LogP) is 4.65. The van der Waals surface area contributed by atoms with Gasteiger partial charge in [0, 0.05) is 23.7 Å². The van der Waals surface area contributed by atoms with E-state index in [9.17, 15) is 13.2 Å². The van der Waals surface area contributed by atoms with Crippen molar-refractivity contribution in [3.8, 4) is 0 Å². The predicted molar refractivity (Wildman–Crippen MR) is 123 cm³/mol. The van der Waals surface area contributed by atoms with Crippen molar-refractivity contribution in [3.05, 3.63) is 52.0 Å². The molecule has 1 amide bonds. The van der Waals surface area contributed by atoms with Crippen LogP contribution in [0.15, 0.2) is 41.3 Å². The van der Waals surface area contributed by atoms with E-state index in [1.54, 1.807) is 18.2 Å². The zero-order chi connectivity index (χ0) is 22.3. The molecule has 2 atom stereocenters. The van der Waals surface area contributed by atoms with Crippen molar-refractivity contribution < 1.29 is 17.9 Å². The number of aromatic nitrogens is 1. The maximum atomic E-state index is 13.2. The van der Waals surface area contributed by atoms with E-state index >= 15 is 0 Å². The van der Waals surface area contributed by atoms with Gasteiger partial charge >= 0.3 is 0 Å². The van der Waals surface area contributed by atoms with Crippen LogP contribution in [0, 0.1) is 0 Å². The Balaban J connectivity index is 1.61. The molecule has 2 unspecified atom stereocenters. The van der Waals surface area contributed by atoms with Crippen LogP contribution in [-0.4, -0.2) is 48.9 Å². The van der Waals surface area contributed by atoms with Crippen molar-refractivity contribution in [2.45, 2.75) is 31.0 Å². The lowest BCUT2D eigenvalue weighted by atomic mass is 10.2. The lowest BCUT2D eigenvalue weighted by Gasteiger charge is -2.34. The number of hydrogen-bond donors (Lipinski definition) is 1. The first kappa shape index (κ1) is 22.4. The van der Waals surface area contributed by atoms with Crippen LogP contribution >= 0.6 is 34.5 Å². The summed E-state index contributed by atoms with van der Waals surface area (Å²) in [6.45, 7) is 4.06. The fourth-order valence-corrected chi connectivity index (χ4v) is 6.66. The average Bonchev–Trinajstić information content (AvgIpc) is 3.08. The van der Waals surface area contributed by atoms with Gasteiger partial charge < -0.3 is 4.74 Å². The van der Waals surface area contributed by atoms with Crippen LogP contribution in [0.5, 0.6) is 0 Å². The van der Waals surface area contributed by atoms with E-state index in [0.29, 0.717) is 15.7 Å². The molecule has 1 aliphatic heterocycles. The molecule has 2 heterocycles. The highest BCUT2D eigenvalue weighted by Gasteiger charge is 2.34. The molecular weight excluding hydrogens is 481 g/mol. The molecule has 0 aliphatic carbocycles. The summed E-state index contributed by atoms with van der Waals surface area (Å²) in [6, 6.07) is 9.43. The number of nitrogens with one attached hydrogen (secondary N) is 1. The lowest BCUT2D eigenvalue weighted by Crippen LogP contribution is -2.48. The zero-order valence-corrected chi connectivity index (χ0v) is 19.8. The summed E-state index contributed by atoms with van der Waals surface area (Å²) >= 11 is 13.5. The van der Waals surface area contributed by atoms with Crippen LogP contribution in [0.4, 0.5) is 5.13 Å². The van der Waals surface area contributed by atoms with E-state index in [1.165, 1.54) is 33.8 Å². The Bertz CT molecular complexity index is 1250. The molecule has 11 heteroatoms. The molecular formula is C20H19Cl2N3O4S2. The summed E-state index contributed by atoms with van der Waals surface area (Å²) in [4.78, 5) is 17.0. The minimum atomic E-state index is -3.90. The van der Waals surface area contributed by atoms with Gasteiger partial charge in [-0.15, -0.1) is 0 Å². The van der Waals surface area contributed by atoms with Gasteiger partial charge in [0.05, 0.1) is 27.4 Å². The Morgan fingerprint density at radius 3 is 2.58 bits per heavy atom. The average molecular weight is 500 g/mol. The molecule has 31 heavy (non-hydrogen) atoms. The van der Waals surface area contributed by atoms with E-state index in [1.807, 2.05) is 13.8 Å². The first-order valence-electron chi connectivity index (χ1n) is 9.46. The van der Waals surface area contributed by atoms with Crippen LogP contribution in [0.2, 0.25) is 10.0 Å². The molecule has 1 aliphatic rings. The minimum absolute atomic E-state index is 0.0537. The molecule has 0 spiro atoms. The number of sulfonamides is 1. The maximum absolute atomic E-state index is 13.2. The lowest BCUT2D eigenvalue weighted by molar-refractivity contribution is -0.0440. The second kappa shape index (κ2) is 8.65. The molecule has 1 saturated heterocycles. The SMILES string of the molecule is CC1CN(S(=O)(=O)c2cc(C(=O)Nc3nc4ccc(Cl)cc4s3)ccc2Cl)CC(C)O1. The monoisotopic (exact) mass is 499 g/mol. The van der Waals surface area contributed by atoms with Gasteiger partial charge in [0.1, 0.15) is 4.90 Å². The van der Waals surface area contributed by atoms with E-state index in [0.717, 1.165) is 4.70 Å². The standard InChI is InChI=1S/C20H19Cl2N3O4S2/c1-11-9-25(10-12(2)29-11)31(27,28)18-7-13(3-5-15(18)22)19(26)24-20-23-16-6-4-14(21)8-17(16)30-20/h3-8,11-12H,9-10H2,1-2H3,(H,23,24,26). The van der Waals surface area contributed by atoms with Crippen molar-refractivity contribution in [3.63, 3.8) is 0 Å². The first-order chi connectivity index (χ1) is 14.6. The van der Waals surface area contributed by atoms with Crippen molar-refractivity contribution >= 4 is 65.8 Å². The summed E-state index contributed by atoms with van der Waals surface area (Å²) in [5.41, 5.74) is 0.870. The topological polar surface area (TPSA) is 88.6 Å². The number of anilines is 1.